The minimum Gasteiger partial charge on any atom is -0.507 e. The van der Waals surface area contributed by atoms with Crippen LogP contribution in [-0.4, -0.2) is 30.0 Å². The Bertz CT molecular complexity index is 1320. The summed E-state index contributed by atoms with van der Waals surface area (Å²) in [5, 5.41) is 11.4. The maximum absolute atomic E-state index is 13.3. The Morgan fingerprint density at radius 2 is 1.79 bits per heavy atom. The quantitative estimate of drug-likeness (QED) is 0.342. The van der Waals surface area contributed by atoms with E-state index in [0.29, 0.717) is 17.0 Å². The lowest BCUT2D eigenvalue weighted by Crippen LogP contribution is -2.29. The van der Waals surface area contributed by atoms with Gasteiger partial charge in [0.15, 0.2) is 0 Å². The second kappa shape index (κ2) is 8.37. The minimum absolute atomic E-state index is 0.0556. The normalized spacial score (nSPS) is 20.9. The Labute approximate surface area is 198 Å². The van der Waals surface area contributed by atoms with Crippen molar-refractivity contribution in [3.8, 4) is 11.5 Å². The molecule has 2 atom stereocenters. The standard InChI is InChI=1S/C28H25NO5/c1-16-6-4-5-7-22(16)25-24(26(30)18-8-13-23-19(15-18)14-17(2)34-23)27(31)28(32)29(25)20-9-11-21(33-3)12-10-20/h4-13,15,17,25,30H,14H2,1-3H3/b26-24+. The van der Waals surface area contributed by atoms with Crippen molar-refractivity contribution < 1.29 is 24.2 Å². The number of fused-ring (bicyclic) bond motifs is 1. The number of ketones is 1. The maximum atomic E-state index is 13.3. The summed E-state index contributed by atoms with van der Waals surface area (Å²) in [6.07, 6.45) is 0.776. The number of methoxy groups -OCH3 is 1. The van der Waals surface area contributed by atoms with Crippen molar-refractivity contribution in [2.45, 2.75) is 32.4 Å². The number of Topliss-reactive ketones (excluding diaryl/α,β-unsaturated/α-hetero) is 1. The first-order chi connectivity index (χ1) is 16.4. The zero-order valence-electron chi connectivity index (χ0n) is 19.2. The lowest BCUT2D eigenvalue weighted by atomic mass is 9.92. The Balaban J connectivity index is 1.69. The van der Waals surface area contributed by atoms with Gasteiger partial charge < -0.3 is 14.6 Å². The number of carbonyl (C=O) groups excluding carboxylic acids is 2. The number of aliphatic hydroxyl groups is 1. The second-order valence-corrected chi connectivity index (χ2v) is 8.68. The fourth-order valence-electron chi connectivity index (χ4n) is 4.75. The van der Waals surface area contributed by atoms with Crippen LogP contribution >= 0.6 is 0 Å². The van der Waals surface area contributed by atoms with Gasteiger partial charge in [-0.2, -0.15) is 0 Å². The van der Waals surface area contributed by atoms with Crippen molar-refractivity contribution >= 4 is 23.1 Å². The van der Waals surface area contributed by atoms with Crippen LogP contribution in [0.1, 0.15) is 35.2 Å². The third kappa shape index (κ3) is 3.52. The molecule has 34 heavy (non-hydrogen) atoms. The summed E-state index contributed by atoms with van der Waals surface area (Å²) >= 11 is 0. The van der Waals surface area contributed by atoms with Gasteiger partial charge >= 0.3 is 0 Å². The van der Waals surface area contributed by atoms with Crippen LogP contribution in [-0.2, 0) is 16.0 Å². The van der Waals surface area contributed by atoms with Crippen LogP contribution in [0, 0.1) is 6.92 Å². The van der Waals surface area contributed by atoms with Gasteiger partial charge in [0.2, 0.25) is 0 Å². The molecule has 2 unspecified atom stereocenters. The highest BCUT2D eigenvalue weighted by Gasteiger charge is 2.47. The van der Waals surface area contributed by atoms with Crippen LogP contribution in [0.25, 0.3) is 5.76 Å². The maximum Gasteiger partial charge on any atom is 0.300 e. The average Bonchev–Trinajstić information content (AvgIpc) is 3.34. The van der Waals surface area contributed by atoms with E-state index in [1.807, 2.05) is 44.2 Å². The molecule has 1 saturated heterocycles. The molecule has 0 saturated carbocycles. The highest BCUT2D eigenvalue weighted by Crippen LogP contribution is 2.44. The third-order valence-electron chi connectivity index (χ3n) is 6.45. The van der Waals surface area contributed by atoms with Gasteiger partial charge in [0.25, 0.3) is 11.7 Å². The van der Waals surface area contributed by atoms with Crippen molar-refractivity contribution in [1.82, 2.24) is 0 Å². The van der Waals surface area contributed by atoms with E-state index >= 15 is 0 Å². The van der Waals surface area contributed by atoms with Gasteiger partial charge in [-0.1, -0.05) is 24.3 Å². The smallest absolute Gasteiger partial charge is 0.300 e. The summed E-state index contributed by atoms with van der Waals surface area (Å²) in [5.74, 6) is -0.171. The van der Waals surface area contributed by atoms with Gasteiger partial charge in [-0.25, -0.2) is 0 Å². The molecule has 0 bridgehead atoms. The van der Waals surface area contributed by atoms with Crippen LogP contribution in [0.4, 0.5) is 5.69 Å². The molecular formula is C28H25NO5. The van der Waals surface area contributed by atoms with Gasteiger partial charge in [0.1, 0.15) is 23.4 Å². The highest BCUT2D eigenvalue weighted by molar-refractivity contribution is 6.51. The van der Waals surface area contributed by atoms with Crippen molar-refractivity contribution in [1.29, 1.82) is 0 Å². The molecule has 2 aliphatic rings. The zero-order chi connectivity index (χ0) is 24.0. The molecule has 0 aromatic heterocycles. The lowest BCUT2D eigenvalue weighted by molar-refractivity contribution is -0.132. The summed E-state index contributed by atoms with van der Waals surface area (Å²) in [5.41, 5.74) is 3.76. The van der Waals surface area contributed by atoms with Crippen LogP contribution < -0.4 is 14.4 Å². The number of benzene rings is 3. The molecule has 5 rings (SSSR count). The molecule has 3 aromatic carbocycles. The fraction of sp³-hybridized carbons (Fsp3) is 0.214. The molecule has 1 amide bonds. The summed E-state index contributed by atoms with van der Waals surface area (Å²) in [6, 6.07) is 19.1. The first-order valence-corrected chi connectivity index (χ1v) is 11.2. The molecule has 6 nitrogen and oxygen atoms in total. The molecular weight excluding hydrogens is 430 g/mol. The Hall–Kier alpha value is -4.06. The van der Waals surface area contributed by atoms with Crippen LogP contribution in [0.3, 0.4) is 0 Å². The summed E-state index contributed by atoms with van der Waals surface area (Å²) < 4.78 is 11.0. The second-order valence-electron chi connectivity index (χ2n) is 8.68. The van der Waals surface area contributed by atoms with Gasteiger partial charge in [0.05, 0.1) is 18.7 Å². The summed E-state index contributed by atoms with van der Waals surface area (Å²) in [7, 11) is 1.57. The predicted molar refractivity (Wildman–Crippen MR) is 129 cm³/mol. The van der Waals surface area contributed by atoms with Gasteiger partial charge in [0, 0.05) is 17.7 Å². The number of aryl methyl sites for hydroxylation is 1. The average molecular weight is 456 g/mol. The van der Waals surface area contributed by atoms with E-state index in [2.05, 4.69) is 0 Å². The summed E-state index contributed by atoms with van der Waals surface area (Å²) in [4.78, 5) is 28.1. The topological polar surface area (TPSA) is 76.1 Å². The van der Waals surface area contributed by atoms with Crippen molar-refractivity contribution in [2.24, 2.45) is 0 Å². The fourth-order valence-corrected chi connectivity index (χ4v) is 4.75. The lowest BCUT2D eigenvalue weighted by Gasteiger charge is -2.26. The Kier molecular flexibility index (Phi) is 5.36. The van der Waals surface area contributed by atoms with Crippen LogP contribution in [0.2, 0.25) is 0 Å². The number of hydrogen-bond acceptors (Lipinski definition) is 5. The minimum atomic E-state index is -0.766. The first kappa shape index (κ1) is 21.8. The van der Waals surface area contributed by atoms with Crippen molar-refractivity contribution in [3.05, 3.63) is 94.6 Å². The van der Waals surface area contributed by atoms with E-state index < -0.39 is 17.7 Å². The van der Waals surface area contributed by atoms with E-state index in [4.69, 9.17) is 9.47 Å². The monoisotopic (exact) mass is 455 g/mol. The van der Waals surface area contributed by atoms with E-state index in [1.165, 1.54) is 4.90 Å². The van der Waals surface area contributed by atoms with Gasteiger partial charge in [-0.15, -0.1) is 0 Å². The molecule has 2 aliphatic heterocycles. The van der Waals surface area contributed by atoms with Crippen molar-refractivity contribution in [2.75, 3.05) is 12.0 Å². The molecule has 1 fully saturated rings. The molecule has 1 N–H and O–H groups in total. The molecule has 2 heterocycles. The van der Waals surface area contributed by atoms with Crippen LogP contribution in [0.15, 0.2) is 72.3 Å². The van der Waals surface area contributed by atoms with E-state index in [0.717, 1.165) is 28.9 Å². The van der Waals surface area contributed by atoms with Crippen LogP contribution in [0.5, 0.6) is 11.5 Å². The Morgan fingerprint density at radius 3 is 2.50 bits per heavy atom. The Morgan fingerprint density at radius 1 is 1.06 bits per heavy atom. The molecule has 0 spiro atoms. The number of hydrogen-bond donors (Lipinski definition) is 1. The largest absolute Gasteiger partial charge is 0.507 e. The van der Waals surface area contributed by atoms with E-state index in [1.54, 1.807) is 43.5 Å². The number of aliphatic hydroxyl groups excluding tert-OH is 1. The molecule has 172 valence electrons. The number of nitrogens with zero attached hydrogens (tertiary/aromatic N) is 1. The van der Waals surface area contributed by atoms with E-state index in [-0.39, 0.29) is 17.4 Å². The predicted octanol–water partition coefficient (Wildman–Crippen LogP) is 4.95. The number of amides is 1. The zero-order valence-corrected chi connectivity index (χ0v) is 19.2. The first-order valence-electron chi connectivity index (χ1n) is 11.2. The third-order valence-corrected chi connectivity index (χ3v) is 6.45. The number of anilines is 1. The summed E-state index contributed by atoms with van der Waals surface area (Å²) in [6.45, 7) is 3.91. The van der Waals surface area contributed by atoms with Gasteiger partial charge in [-0.05, 0) is 73.0 Å². The number of rotatable bonds is 4. The molecule has 6 heteroatoms. The van der Waals surface area contributed by atoms with Crippen molar-refractivity contribution in [3.63, 3.8) is 0 Å². The molecule has 0 aliphatic carbocycles. The number of carbonyl (C=O) groups is 2. The highest BCUT2D eigenvalue weighted by atomic mass is 16.5. The van der Waals surface area contributed by atoms with Gasteiger partial charge in [-0.3, -0.25) is 14.5 Å². The molecule has 0 radical (unpaired) electrons. The SMILES string of the molecule is COc1ccc(N2C(=O)C(=O)/C(=C(/O)c3ccc4c(c3)CC(C)O4)C2c2ccccc2C)cc1. The van der Waals surface area contributed by atoms with E-state index in [9.17, 15) is 14.7 Å². The number of ether oxygens (including phenoxy) is 2. The molecule has 3 aromatic rings.